The van der Waals surface area contributed by atoms with Gasteiger partial charge in [0.15, 0.2) is 0 Å². The highest BCUT2D eigenvalue weighted by Crippen LogP contribution is 2.26. The van der Waals surface area contributed by atoms with Crippen molar-refractivity contribution in [3.05, 3.63) is 45.6 Å². The molecule has 1 unspecified atom stereocenters. The summed E-state index contributed by atoms with van der Waals surface area (Å²) in [5.41, 5.74) is 2.34. The second kappa shape index (κ2) is 8.11. The van der Waals surface area contributed by atoms with E-state index in [-0.39, 0.29) is 24.9 Å². The van der Waals surface area contributed by atoms with Crippen molar-refractivity contribution < 1.29 is 13.2 Å². The molecular weight excluding hydrogens is 394 g/mol. The van der Waals surface area contributed by atoms with Crippen LogP contribution in [0, 0.1) is 13.8 Å². The maximum absolute atomic E-state index is 12.6. The van der Waals surface area contributed by atoms with Crippen LogP contribution < -0.4 is 11.0 Å². The topological polar surface area (TPSA) is 106 Å². The zero-order chi connectivity index (χ0) is 21.3. The van der Waals surface area contributed by atoms with Crippen molar-refractivity contribution >= 4 is 21.6 Å². The fraction of sp³-hybridized carbons (Fsp3) is 0.526. The fourth-order valence-corrected chi connectivity index (χ4v) is 4.71. The lowest BCUT2D eigenvalue weighted by Gasteiger charge is -2.30. The first-order chi connectivity index (χ1) is 13.5. The molecule has 10 heteroatoms. The highest BCUT2D eigenvalue weighted by atomic mass is 32.2. The van der Waals surface area contributed by atoms with Crippen LogP contribution in [-0.4, -0.2) is 52.3 Å². The van der Waals surface area contributed by atoms with E-state index in [1.54, 1.807) is 7.05 Å². The normalized spacial score (nSPS) is 18.0. The number of carbonyl (C=O) groups is 1. The van der Waals surface area contributed by atoms with Gasteiger partial charge >= 0.3 is 5.69 Å². The van der Waals surface area contributed by atoms with Crippen molar-refractivity contribution in [1.29, 1.82) is 0 Å². The molecule has 2 aromatic rings. The third kappa shape index (κ3) is 4.94. The smallest absolute Gasteiger partial charge is 0.324 e. The molecule has 0 spiro atoms. The number of nitrogens with one attached hydrogen (secondary N) is 1. The second-order valence-electron chi connectivity index (χ2n) is 7.74. The minimum absolute atomic E-state index is 0.181. The van der Waals surface area contributed by atoms with E-state index < -0.39 is 15.7 Å². The summed E-state index contributed by atoms with van der Waals surface area (Å²) in [7, 11) is -1.70. The molecule has 1 aliphatic heterocycles. The number of sulfonamides is 1. The predicted octanol–water partition coefficient (Wildman–Crippen LogP) is 0.976. The minimum Gasteiger partial charge on any atom is -0.324 e. The van der Waals surface area contributed by atoms with E-state index in [2.05, 4.69) is 10.4 Å². The van der Waals surface area contributed by atoms with Crippen molar-refractivity contribution in [2.24, 2.45) is 7.05 Å². The summed E-state index contributed by atoms with van der Waals surface area (Å²) in [5.74, 6) is -0.0226. The number of hydrogen-bond donors (Lipinski definition) is 1. The molecule has 1 fully saturated rings. The van der Waals surface area contributed by atoms with E-state index in [9.17, 15) is 18.0 Å². The largest absolute Gasteiger partial charge is 0.346 e. The number of benzene rings is 1. The van der Waals surface area contributed by atoms with E-state index in [4.69, 9.17) is 0 Å². The summed E-state index contributed by atoms with van der Waals surface area (Å²) in [6.45, 7) is 4.45. The predicted molar refractivity (Wildman–Crippen MR) is 110 cm³/mol. The zero-order valence-corrected chi connectivity index (χ0v) is 18.0. The van der Waals surface area contributed by atoms with Gasteiger partial charge in [0.05, 0.1) is 6.26 Å². The first-order valence-corrected chi connectivity index (χ1v) is 11.4. The van der Waals surface area contributed by atoms with Crippen LogP contribution in [0.15, 0.2) is 23.0 Å². The van der Waals surface area contributed by atoms with Gasteiger partial charge in [-0.05, 0) is 49.9 Å². The molecular formula is C19H27N5O4S. The molecule has 3 rings (SSSR count). The number of aryl methyl sites for hydroxylation is 2. The highest BCUT2D eigenvalue weighted by molar-refractivity contribution is 7.88. The fourth-order valence-electron chi connectivity index (χ4n) is 3.80. The van der Waals surface area contributed by atoms with E-state index in [1.165, 1.54) is 15.1 Å². The molecule has 1 saturated heterocycles. The Morgan fingerprint density at radius 3 is 2.52 bits per heavy atom. The second-order valence-corrected chi connectivity index (χ2v) is 9.72. The van der Waals surface area contributed by atoms with Gasteiger partial charge in [0, 0.05) is 31.7 Å². The molecule has 2 heterocycles. The molecule has 0 saturated carbocycles. The number of amides is 1. The lowest BCUT2D eigenvalue weighted by molar-refractivity contribution is -0.117. The lowest BCUT2D eigenvalue weighted by Crippen LogP contribution is -2.39. The Morgan fingerprint density at radius 1 is 1.24 bits per heavy atom. The van der Waals surface area contributed by atoms with Gasteiger partial charge < -0.3 is 5.32 Å². The number of carbonyl (C=O) groups excluding carboxylic acids is 1. The molecule has 1 aromatic carbocycles. The molecule has 1 N–H and O–H groups in total. The number of rotatable bonds is 5. The molecule has 9 nitrogen and oxygen atoms in total. The van der Waals surface area contributed by atoms with Crippen molar-refractivity contribution in [2.45, 2.75) is 39.2 Å². The van der Waals surface area contributed by atoms with E-state index in [0.717, 1.165) is 22.2 Å². The first kappa shape index (κ1) is 21.3. The molecule has 0 radical (unpaired) electrons. The maximum atomic E-state index is 12.6. The van der Waals surface area contributed by atoms with Crippen molar-refractivity contribution in [3.63, 3.8) is 0 Å². The molecule has 1 amide bonds. The van der Waals surface area contributed by atoms with Crippen LogP contribution >= 0.6 is 0 Å². The monoisotopic (exact) mass is 421 g/mol. The minimum atomic E-state index is -3.30. The van der Waals surface area contributed by atoms with E-state index in [0.29, 0.717) is 24.5 Å². The highest BCUT2D eigenvalue weighted by Gasteiger charge is 2.30. The van der Waals surface area contributed by atoms with Gasteiger partial charge in [-0.1, -0.05) is 6.07 Å². The lowest BCUT2D eigenvalue weighted by atomic mass is 9.99. The van der Waals surface area contributed by atoms with Crippen LogP contribution in [0.3, 0.4) is 0 Å². The van der Waals surface area contributed by atoms with Crippen LogP contribution in [0.25, 0.3) is 0 Å². The SMILES string of the molecule is Cc1cc(C)cc(NC(=O)Cn2nc(C3CCCN(S(C)(=O)=O)C3)n(C)c2=O)c1. The Kier molecular flexibility index (Phi) is 5.95. The number of aromatic nitrogens is 3. The Labute approximate surface area is 170 Å². The Balaban J connectivity index is 1.76. The van der Waals surface area contributed by atoms with E-state index in [1.807, 2.05) is 32.0 Å². The number of nitrogens with zero attached hydrogens (tertiary/aromatic N) is 4. The Bertz CT molecular complexity index is 1070. The number of anilines is 1. The number of hydrogen-bond acceptors (Lipinski definition) is 5. The maximum Gasteiger partial charge on any atom is 0.346 e. The van der Waals surface area contributed by atoms with E-state index >= 15 is 0 Å². The van der Waals surface area contributed by atoms with Gasteiger partial charge in [-0.3, -0.25) is 9.36 Å². The number of piperidine rings is 1. The van der Waals surface area contributed by atoms with Gasteiger partial charge in [0.1, 0.15) is 12.4 Å². The summed E-state index contributed by atoms with van der Waals surface area (Å²) < 4.78 is 27.7. The quantitative estimate of drug-likeness (QED) is 0.774. The van der Waals surface area contributed by atoms with Crippen molar-refractivity contribution in [3.8, 4) is 0 Å². The van der Waals surface area contributed by atoms with Crippen LogP contribution in [0.1, 0.15) is 35.7 Å². The first-order valence-electron chi connectivity index (χ1n) is 9.51. The summed E-state index contributed by atoms with van der Waals surface area (Å²) in [5, 5.41) is 7.15. The third-order valence-electron chi connectivity index (χ3n) is 5.09. The molecule has 158 valence electrons. The van der Waals surface area contributed by atoms with Crippen LogP contribution in [0.4, 0.5) is 5.69 Å². The van der Waals surface area contributed by atoms with Crippen LogP contribution in [-0.2, 0) is 28.4 Å². The average molecular weight is 422 g/mol. The summed E-state index contributed by atoms with van der Waals surface area (Å²) in [4.78, 5) is 25.0. The zero-order valence-electron chi connectivity index (χ0n) is 17.2. The molecule has 29 heavy (non-hydrogen) atoms. The Morgan fingerprint density at radius 2 is 1.90 bits per heavy atom. The van der Waals surface area contributed by atoms with Crippen molar-refractivity contribution in [1.82, 2.24) is 18.7 Å². The molecule has 1 aliphatic rings. The summed E-state index contributed by atoms with van der Waals surface area (Å²) in [6.07, 6.45) is 2.63. The molecule has 0 bridgehead atoms. The molecule has 1 aromatic heterocycles. The van der Waals surface area contributed by atoms with Gasteiger partial charge in [-0.2, -0.15) is 5.10 Å². The summed E-state index contributed by atoms with van der Waals surface area (Å²) in [6, 6.07) is 5.73. The van der Waals surface area contributed by atoms with Gasteiger partial charge in [0.25, 0.3) is 0 Å². The third-order valence-corrected chi connectivity index (χ3v) is 6.36. The standard InChI is InChI=1S/C19H27N5O4S/c1-13-8-14(2)10-16(9-13)20-17(25)12-24-19(26)22(3)18(21-24)15-6-5-7-23(11-15)29(4,27)28/h8-10,15H,5-7,11-12H2,1-4H3,(H,20,25). The average Bonchev–Trinajstić information content (AvgIpc) is 2.88. The van der Waals surface area contributed by atoms with Crippen LogP contribution in [0.2, 0.25) is 0 Å². The van der Waals surface area contributed by atoms with Crippen LogP contribution in [0.5, 0.6) is 0 Å². The molecule has 0 aliphatic carbocycles. The van der Waals surface area contributed by atoms with Crippen molar-refractivity contribution in [2.75, 3.05) is 24.7 Å². The van der Waals surface area contributed by atoms with Gasteiger partial charge in [-0.25, -0.2) is 22.2 Å². The summed E-state index contributed by atoms with van der Waals surface area (Å²) >= 11 is 0. The Hall–Kier alpha value is -2.46. The molecule has 1 atom stereocenters. The van der Waals surface area contributed by atoms with Gasteiger partial charge in [-0.15, -0.1) is 0 Å². The van der Waals surface area contributed by atoms with Gasteiger partial charge in [0.2, 0.25) is 15.9 Å².